The van der Waals surface area contributed by atoms with Crippen molar-refractivity contribution in [2.45, 2.75) is 31.3 Å². The SMILES string of the molecule is COc1ccccc1-c1nnc(SCCCN2CCCC2=O)n1-c1ccc(C)cc1. The van der Waals surface area contributed by atoms with Gasteiger partial charge in [-0.05, 0) is 44.0 Å². The molecule has 156 valence electrons. The second-order valence-electron chi connectivity index (χ2n) is 7.36. The fourth-order valence-corrected chi connectivity index (χ4v) is 4.53. The number of ether oxygens (including phenoxy) is 1. The summed E-state index contributed by atoms with van der Waals surface area (Å²) in [5.41, 5.74) is 3.13. The van der Waals surface area contributed by atoms with Crippen molar-refractivity contribution in [1.82, 2.24) is 19.7 Å². The summed E-state index contributed by atoms with van der Waals surface area (Å²) in [6, 6.07) is 16.2. The third-order valence-corrected chi connectivity index (χ3v) is 6.26. The average Bonchev–Trinajstić information content (AvgIpc) is 3.38. The van der Waals surface area contributed by atoms with Gasteiger partial charge in [-0.1, -0.05) is 41.6 Å². The van der Waals surface area contributed by atoms with Crippen molar-refractivity contribution in [3.05, 3.63) is 54.1 Å². The summed E-state index contributed by atoms with van der Waals surface area (Å²) in [7, 11) is 1.67. The number of carbonyl (C=O) groups excluding carboxylic acids is 1. The number of amides is 1. The lowest BCUT2D eigenvalue weighted by Crippen LogP contribution is -2.25. The minimum atomic E-state index is 0.279. The molecule has 0 spiro atoms. The zero-order valence-electron chi connectivity index (χ0n) is 17.4. The molecule has 4 rings (SSSR count). The summed E-state index contributed by atoms with van der Waals surface area (Å²) in [5.74, 6) is 2.68. The van der Waals surface area contributed by atoms with Crippen molar-refractivity contribution in [3.8, 4) is 22.8 Å². The largest absolute Gasteiger partial charge is 0.496 e. The molecule has 1 saturated heterocycles. The molecule has 2 heterocycles. The van der Waals surface area contributed by atoms with E-state index >= 15 is 0 Å². The van der Waals surface area contributed by atoms with E-state index in [0.29, 0.717) is 6.42 Å². The molecule has 1 fully saturated rings. The maximum absolute atomic E-state index is 11.8. The highest BCUT2D eigenvalue weighted by Gasteiger charge is 2.21. The lowest BCUT2D eigenvalue weighted by molar-refractivity contribution is -0.127. The molecule has 6 nitrogen and oxygen atoms in total. The Morgan fingerprint density at radius 1 is 1.10 bits per heavy atom. The monoisotopic (exact) mass is 422 g/mol. The number of methoxy groups -OCH3 is 1. The van der Waals surface area contributed by atoms with Gasteiger partial charge in [-0.3, -0.25) is 9.36 Å². The normalized spacial score (nSPS) is 13.8. The third kappa shape index (κ3) is 4.36. The van der Waals surface area contributed by atoms with E-state index in [2.05, 4.69) is 46.0 Å². The highest BCUT2D eigenvalue weighted by atomic mass is 32.2. The Bertz CT molecular complexity index is 1020. The van der Waals surface area contributed by atoms with Crippen LogP contribution in [0, 0.1) is 6.92 Å². The van der Waals surface area contributed by atoms with Gasteiger partial charge in [-0.15, -0.1) is 10.2 Å². The van der Waals surface area contributed by atoms with Gasteiger partial charge in [-0.2, -0.15) is 0 Å². The van der Waals surface area contributed by atoms with E-state index in [0.717, 1.165) is 59.7 Å². The number of aromatic nitrogens is 3. The standard InChI is InChI=1S/C23H26N4O2S/c1-17-10-12-18(13-11-17)27-22(19-7-3-4-8-20(19)29-2)24-25-23(27)30-16-6-15-26-14-5-9-21(26)28/h3-4,7-8,10-13H,5-6,9,14-16H2,1-2H3. The van der Waals surface area contributed by atoms with Gasteiger partial charge in [0.2, 0.25) is 5.91 Å². The molecule has 0 saturated carbocycles. The molecule has 0 radical (unpaired) electrons. The molecule has 1 amide bonds. The fraction of sp³-hybridized carbons (Fsp3) is 0.348. The minimum absolute atomic E-state index is 0.279. The Balaban J connectivity index is 1.59. The summed E-state index contributed by atoms with van der Waals surface area (Å²) >= 11 is 1.67. The number of para-hydroxylation sites is 1. The van der Waals surface area contributed by atoms with Crippen LogP contribution in [0.3, 0.4) is 0 Å². The van der Waals surface area contributed by atoms with Gasteiger partial charge in [0.15, 0.2) is 11.0 Å². The van der Waals surface area contributed by atoms with E-state index < -0.39 is 0 Å². The summed E-state index contributed by atoms with van der Waals surface area (Å²) in [4.78, 5) is 13.8. The fourth-order valence-electron chi connectivity index (χ4n) is 3.65. The van der Waals surface area contributed by atoms with E-state index in [4.69, 9.17) is 4.74 Å². The summed E-state index contributed by atoms with van der Waals surface area (Å²) in [6.07, 6.45) is 2.61. The van der Waals surface area contributed by atoms with Gasteiger partial charge in [0.1, 0.15) is 5.75 Å². The van der Waals surface area contributed by atoms with Crippen LogP contribution in [0.2, 0.25) is 0 Å². The summed E-state index contributed by atoms with van der Waals surface area (Å²) in [6.45, 7) is 3.78. The van der Waals surface area contributed by atoms with Crippen LogP contribution < -0.4 is 4.74 Å². The summed E-state index contributed by atoms with van der Waals surface area (Å²) < 4.78 is 7.65. The Morgan fingerprint density at radius 2 is 1.90 bits per heavy atom. The topological polar surface area (TPSA) is 60.3 Å². The molecule has 0 bridgehead atoms. The minimum Gasteiger partial charge on any atom is -0.496 e. The number of thioether (sulfide) groups is 1. The van der Waals surface area contributed by atoms with Crippen LogP contribution in [0.1, 0.15) is 24.8 Å². The van der Waals surface area contributed by atoms with E-state index in [1.807, 2.05) is 29.2 Å². The number of hydrogen-bond acceptors (Lipinski definition) is 5. The second kappa shape index (κ2) is 9.34. The van der Waals surface area contributed by atoms with E-state index in [-0.39, 0.29) is 5.91 Å². The van der Waals surface area contributed by atoms with Crippen LogP contribution in [0.4, 0.5) is 0 Å². The number of aryl methyl sites for hydroxylation is 1. The Labute approximate surface area is 181 Å². The number of carbonyl (C=O) groups is 1. The van der Waals surface area contributed by atoms with Crippen molar-refractivity contribution in [3.63, 3.8) is 0 Å². The molecule has 0 N–H and O–H groups in total. The molecule has 0 aliphatic carbocycles. The van der Waals surface area contributed by atoms with E-state index in [1.165, 1.54) is 5.56 Å². The van der Waals surface area contributed by atoms with Crippen molar-refractivity contribution in [2.75, 3.05) is 26.0 Å². The van der Waals surface area contributed by atoms with Crippen molar-refractivity contribution in [1.29, 1.82) is 0 Å². The molecule has 0 unspecified atom stereocenters. The van der Waals surface area contributed by atoms with Crippen LogP contribution in [0.5, 0.6) is 5.75 Å². The number of benzene rings is 2. The maximum atomic E-state index is 11.8. The molecule has 2 aromatic carbocycles. The number of hydrogen-bond donors (Lipinski definition) is 0. The quantitative estimate of drug-likeness (QED) is 0.399. The van der Waals surface area contributed by atoms with Gasteiger partial charge >= 0.3 is 0 Å². The van der Waals surface area contributed by atoms with Gasteiger partial charge in [0, 0.05) is 31.0 Å². The van der Waals surface area contributed by atoms with Crippen molar-refractivity contribution >= 4 is 17.7 Å². The van der Waals surface area contributed by atoms with Crippen LogP contribution in [-0.2, 0) is 4.79 Å². The first kappa shape index (κ1) is 20.5. The Hall–Kier alpha value is -2.80. The van der Waals surface area contributed by atoms with Crippen LogP contribution in [-0.4, -0.2) is 51.5 Å². The predicted molar refractivity (Wildman–Crippen MR) is 119 cm³/mol. The first-order valence-corrected chi connectivity index (χ1v) is 11.2. The first-order valence-electron chi connectivity index (χ1n) is 10.2. The van der Waals surface area contributed by atoms with Crippen LogP contribution in [0.25, 0.3) is 17.1 Å². The smallest absolute Gasteiger partial charge is 0.222 e. The highest BCUT2D eigenvalue weighted by molar-refractivity contribution is 7.99. The zero-order chi connectivity index (χ0) is 20.9. The molecule has 3 aromatic rings. The average molecular weight is 423 g/mol. The molecule has 1 aliphatic rings. The van der Waals surface area contributed by atoms with Gasteiger partial charge < -0.3 is 9.64 Å². The molecule has 30 heavy (non-hydrogen) atoms. The lowest BCUT2D eigenvalue weighted by Gasteiger charge is -2.15. The van der Waals surface area contributed by atoms with Crippen molar-refractivity contribution < 1.29 is 9.53 Å². The second-order valence-corrected chi connectivity index (χ2v) is 8.43. The maximum Gasteiger partial charge on any atom is 0.222 e. The predicted octanol–water partition coefficient (Wildman–Crippen LogP) is 4.36. The number of rotatable bonds is 8. The highest BCUT2D eigenvalue weighted by Crippen LogP contribution is 2.33. The molecule has 1 aromatic heterocycles. The summed E-state index contributed by atoms with van der Waals surface area (Å²) in [5, 5.41) is 9.84. The lowest BCUT2D eigenvalue weighted by atomic mass is 10.1. The zero-order valence-corrected chi connectivity index (χ0v) is 18.2. The third-order valence-electron chi connectivity index (χ3n) is 5.25. The van der Waals surface area contributed by atoms with Crippen LogP contribution in [0.15, 0.2) is 53.7 Å². The Kier molecular flexibility index (Phi) is 6.38. The van der Waals surface area contributed by atoms with Gasteiger partial charge in [-0.25, -0.2) is 0 Å². The number of likely N-dealkylation sites (tertiary alicyclic amines) is 1. The molecule has 1 aliphatic heterocycles. The molecular weight excluding hydrogens is 396 g/mol. The first-order chi connectivity index (χ1) is 14.7. The van der Waals surface area contributed by atoms with E-state index in [9.17, 15) is 4.79 Å². The van der Waals surface area contributed by atoms with Crippen LogP contribution >= 0.6 is 11.8 Å². The Morgan fingerprint density at radius 3 is 2.63 bits per heavy atom. The van der Waals surface area contributed by atoms with Gasteiger partial charge in [0.25, 0.3) is 0 Å². The molecule has 7 heteroatoms. The molecular formula is C23H26N4O2S. The number of nitrogens with zero attached hydrogens (tertiary/aromatic N) is 4. The molecule has 0 atom stereocenters. The van der Waals surface area contributed by atoms with E-state index in [1.54, 1.807) is 18.9 Å². The van der Waals surface area contributed by atoms with Gasteiger partial charge in [0.05, 0.1) is 12.7 Å². The van der Waals surface area contributed by atoms with Crippen molar-refractivity contribution in [2.24, 2.45) is 0 Å².